The van der Waals surface area contributed by atoms with Crippen molar-refractivity contribution < 1.29 is 4.39 Å². The first-order chi connectivity index (χ1) is 8.33. The van der Waals surface area contributed by atoms with Crippen LogP contribution in [0.3, 0.4) is 0 Å². The molecule has 84 valence electrons. The van der Waals surface area contributed by atoms with E-state index in [4.69, 9.17) is 0 Å². The summed E-state index contributed by atoms with van der Waals surface area (Å²) in [6.07, 6.45) is 5.60. The second-order valence-electron chi connectivity index (χ2n) is 4.01. The van der Waals surface area contributed by atoms with E-state index in [1.807, 2.05) is 30.6 Å². The smallest absolute Gasteiger partial charge is 0.123 e. The van der Waals surface area contributed by atoms with Crippen LogP contribution in [0, 0.1) is 5.82 Å². The molecule has 0 radical (unpaired) electrons. The molecule has 0 amide bonds. The van der Waals surface area contributed by atoms with Crippen molar-refractivity contribution in [2.75, 3.05) is 0 Å². The number of nitrogens with zero attached hydrogens (tertiary/aromatic N) is 2. The van der Waals surface area contributed by atoms with Crippen molar-refractivity contribution in [1.82, 2.24) is 9.55 Å². The van der Waals surface area contributed by atoms with Crippen molar-refractivity contribution in [1.29, 1.82) is 0 Å². The minimum absolute atomic E-state index is 0.197. The molecule has 3 aromatic rings. The third-order valence-electron chi connectivity index (χ3n) is 2.82. The van der Waals surface area contributed by atoms with Crippen molar-refractivity contribution in [2.24, 2.45) is 0 Å². The molecule has 0 saturated carbocycles. The molecule has 0 aliphatic heterocycles. The maximum atomic E-state index is 13.1. The zero-order chi connectivity index (χ0) is 11.7. The lowest BCUT2D eigenvalue weighted by atomic mass is 10.2. The van der Waals surface area contributed by atoms with E-state index in [2.05, 4.69) is 9.55 Å². The molecule has 0 bridgehead atoms. The monoisotopic (exact) mass is 226 g/mol. The topological polar surface area (TPSA) is 17.8 Å². The van der Waals surface area contributed by atoms with E-state index in [-0.39, 0.29) is 5.82 Å². The van der Waals surface area contributed by atoms with Gasteiger partial charge in [-0.15, -0.1) is 0 Å². The number of pyridine rings is 1. The van der Waals surface area contributed by atoms with Gasteiger partial charge in [0.1, 0.15) is 5.82 Å². The third kappa shape index (κ3) is 1.91. The molecule has 2 aromatic heterocycles. The highest BCUT2D eigenvalue weighted by Gasteiger charge is 2.02. The van der Waals surface area contributed by atoms with Crippen LogP contribution in [0.25, 0.3) is 10.9 Å². The van der Waals surface area contributed by atoms with E-state index in [1.165, 1.54) is 6.07 Å². The van der Waals surface area contributed by atoms with Crippen molar-refractivity contribution in [3.8, 4) is 0 Å². The van der Waals surface area contributed by atoms with Crippen LogP contribution >= 0.6 is 0 Å². The zero-order valence-corrected chi connectivity index (χ0v) is 9.18. The van der Waals surface area contributed by atoms with Gasteiger partial charge in [0.2, 0.25) is 0 Å². The summed E-state index contributed by atoms with van der Waals surface area (Å²) in [5.74, 6) is -0.197. The van der Waals surface area contributed by atoms with Gasteiger partial charge in [-0.1, -0.05) is 12.1 Å². The van der Waals surface area contributed by atoms with Crippen molar-refractivity contribution in [2.45, 2.75) is 6.54 Å². The molecule has 0 fully saturated rings. The Morgan fingerprint density at radius 3 is 3.00 bits per heavy atom. The molecule has 17 heavy (non-hydrogen) atoms. The number of aromatic nitrogens is 2. The van der Waals surface area contributed by atoms with E-state index < -0.39 is 0 Å². The summed E-state index contributed by atoms with van der Waals surface area (Å²) in [4.78, 5) is 4.11. The predicted octanol–water partition coefficient (Wildman–Crippen LogP) is 3.22. The third-order valence-corrected chi connectivity index (χ3v) is 2.82. The fourth-order valence-electron chi connectivity index (χ4n) is 2.00. The molecule has 2 heterocycles. The summed E-state index contributed by atoms with van der Waals surface area (Å²) < 4.78 is 15.2. The Labute approximate surface area is 98.3 Å². The van der Waals surface area contributed by atoms with Crippen LogP contribution in [-0.2, 0) is 6.54 Å². The van der Waals surface area contributed by atoms with Gasteiger partial charge < -0.3 is 4.57 Å². The molecule has 0 spiro atoms. The second-order valence-corrected chi connectivity index (χ2v) is 4.01. The van der Waals surface area contributed by atoms with E-state index in [1.54, 1.807) is 18.3 Å². The van der Waals surface area contributed by atoms with Crippen LogP contribution in [0.5, 0.6) is 0 Å². The van der Waals surface area contributed by atoms with Crippen molar-refractivity contribution >= 4 is 10.9 Å². The van der Waals surface area contributed by atoms with Gasteiger partial charge in [-0.3, -0.25) is 4.98 Å². The first-order valence-electron chi connectivity index (χ1n) is 5.46. The zero-order valence-electron chi connectivity index (χ0n) is 9.18. The van der Waals surface area contributed by atoms with Crippen LogP contribution in [0.2, 0.25) is 0 Å². The SMILES string of the molecule is Fc1cccc(Cn2ccc3ccncc32)c1. The summed E-state index contributed by atoms with van der Waals surface area (Å²) in [6, 6.07) is 10.7. The molecule has 0 aliphatic rings. The Balaban J connectivity index is 2.00. The number of halogens is 1. The fourth-order valence-corrected chi connectivity index (χ4v) is 2.00. The average Bonchev–Trinajstić information content (AvgIpc) is 2.73. The lowest BCUT2D eigenvalue weighted by Gasteiger charge is -2.05. The maximum absolute atomic E-state index is 13.1. The van der Waals surface area contributed by atoms with Crippen molar-refractivity contribution in [3.05, 3.63) is 66.4 Å². The van der Waals surface area contributed by atoms with Crippen LogP contribution in [-0.4, -0.2) is 9.55 Å². The molecule has 3 rings (SSSR count). The number of hydrogen-bond donors (Lipinski definition) is 0. The highest BCUT2D eigenvalue weighted by atomic mass is 19.1. The van der Waals surface area contributed by atoms with Crippen LogP contribution in [0.1, 0.15) is 5.56 Å². The minimum atomic E-state index is -0.197. The van der Waals surface area contributed by atoms with E-state index >= 15 is 0 Å². The molecule has 1 aromatic carbocycles. The Kier molecular flexibility index (Phi) is 2.37. The van der Waals surface area contributed by atoms with Crippen LogP contribution < -0.4 is 0 Å². The van der Waals surface area contributed by atoms with Gasteiger partial charge in [-0.05, 0) is 29.8 Å². The lowest BCUT2D eigenvalue weighted by molar-refractivity contribution is 0.624. The standard InChI is InChI=1S/C14H11FN2/c15-13-3-1-2-11(8-13)10-17-7-5-12-4-6-16-9-14(12)17/h1-9H,10H2. The Bertz CT molecular complexity index is 658. The van der Waals surface area contributed by atoms with Gasteiger partial charge >= 0.3 is 0 Å². The van der Waals surface area contributed by atoms with E-state index in [0.717, 1.165) is 16.5 Å². The quantitative estimate of drug-likeness (QED) is 0.656. The molecule has 3 heteroatoms. The van der Waals surface area contributed by atoms with Gasteiger partial charge in [0.15, 0.2) is 0 Å². The molecule has 0 saturated heterocycles. The Morgan fingerprint density at radius 1 is 1.18 bits per heavy atom. The van der Waals surface area contributed by atoms with Crippen LogP contribution in [0.15, 0.2) is 55.0 Å². The van der Waals surface area contributed by atoms with E-state index in [0.29, 0.717) is 6.54 Å². The molecular weight excluding hydrogens is 215 g/mol. The van der Waals surface area contributed by atoms with Gasteiger partial charge in [0.05, 0.1) is 11.7 Å². The number of benzene rings is 1. The summed E-state index contributed by atoms with van der Waals surface area (Å²) >= 11 is 0. The average molecular weight is 226 g/mol. The first-order valence-corrected chi connectivity index (χ1v) is 5.46. The number of rotatable bonds is 2. The van der Waals surface area contributed by atoms with Gasteiger partial charge in [-0.2, -0.15) is 0 Å². The Morgan fingerprint density at radius 2 is 2.12 bits per heavy atom. The van der Waals surface area contributed by atoms with Gasteiger partial charge in [0.25, 0.3) is 0 Å². The molecule has 0 atom stereocenters. The Hall–Kier alpha value is -2.16. The molecule has 0 aliphatic carbocycles. The molecule has 0 unspecified atom stereocenters. The molecule has 0 N–H and O–H groups in total. The highest BCUT2D eigenvalue weighted by molar-refractivity contribution is 5.78. The maximum Gasteiger partial charge on any atom is 0.123 e. The molecule has 2 nitrogen and oxygen atoms in total. The van der Waals surface area contributed by atoms with Crippen LogP contribution in [0.4, 0.5) is 4.39 Å². The van der Waals surface area contributed by atoms with Crippen molar-refractivity contribution in [3.63, 3.8) is 0 Å². The molecular formula is C14H11FN2. The normalized spacial score (nSPS) is 10.9. The summed E-state index contributed by atoms with van der Waals surface area (Å²) in [7, 11) is 0. The number of fused-ring (bicyclic) bond motifs is 1. The summed E-state index contributed by atoms with van der Waals surface area (Å²) in [6.45, 7) is 0.660. The second kappa shape index (κ2) is 4.01. The van der Waals surface area contributed by atoms with Gasteiger partial charge in [0, 0.05) is 24.3 Å². The summed E-state index contributed by atoms with van der Waals surface area (Å²) in [5.41, 5.74) is 2.02. The highest BCUT2D eigenvalue weighted by Crippen LogP contribution is 2.15. The fraction of sp³-hybridized carbons (Fsp3) is 0.0714. The number of hydrogen-bond acceptors (Lipinski definition) is 1. The summed E-state index contributed by atoms with van der Waals surface area (Å²) in [5, 5.41) is 1.15. The minimum Gasteiger partial charge on any atom is -0.342 e. The van der Waals surface area contributed by atoms with Gasteiger partial charge in [-0.25, -0.2) is 4.39 Å². The first kappa shape index (κ1) is 10.0. The lowest BCUT2D eigenvalue weighted by Crippen LogP contribution is -1.98. The largest absolute Gasteiger partial charge is 0.342 e. The van der Waals surface area contributed by atoms with E-state index in [9.17, 15) is 4.39 Å². The predicted molar refractivity (Wildman–Crippen MR) is 65.2 cm³/mol.